The molecule has 0 radical (unpaired) electrons. The standard InChI is InChI=1S/C17H15F3N2O4/c1-11-9-12(7-8-14(11)22(25)26)15(23)21-10-16(24,17(18,19)20)13-5-3-2-4-6-13/h2-9,24H,10H2,1H3,(H,21,23). The van der Waals surface area contributed by atoms with Crippen molar-refractivity contribution in [2.24, 2.45) is 0 Å². The van der Waals surface area contributed by atoms with Gasteiger partial charge < -0.3 is 10.4 Å². The molecule has 0 saturated carbocycles. The highest BCUT2D eigenvalue weighted by molar-refractivity contribution is 5.94. The predicted molar refractivity (Wildman–Crippen MR) is 86.6 cm³/mol. The van der Waals surface area contributed by atoms with Gasteiger partial charge in [0.05, 0.1) is 11.5 Å². The number of halogens is 3. The second-order valence-electron chi connectivity index (χ2n) is 5.67. The van der Waals surface area contributed by atoms with Gasteiger partial charge in [0.25, 0.3) is 11.6 Å². The van der Waals surface area contributed by atoms with Gasteiger partial charge in [0, 0.05) is 17.2 Å². The number of benzene rings is 2. The molecular formula is C17H15F3N2O4. The van der Waals surface area contributed by atoms with Crippen LogP contribution in [-0.4, -0.2) is 28.7 Å². The molecule has 0 bridgehead atoms. The van der Waals surface area contributed by atoms with Crippen molar-refractivity contribution in [1.29, 1.82) is 0 Å². The van der Waals surface area contributed by atoms with Crippen LogP contribution in [0.1, 0.15) is 21.5 Å². The first-order chi connectivity index (χ1) is 12.1. The Kier molecular flexibility index (Phi) is 5.31. The van der Waals surface area contributed by atoms with E-state index >= 15 is 0 Å². The number of carbonyl (C=O) groups is 1. The van der Waals surface area contributed by atoms with Crippen LogP contribution in [0.2, 0.25) is 0 Å². The number of nitrogens with zero attached hydrogens (tertiary/aromatic N) is 1. The second kappa shape index (κ2) is 7.12. The molecule has 2 aromatic carbocycles. The molecule has 1 atom stereocenters. The number of nitro groups is 1. The molecule has 0 aliphatic rings. The maximum Gasteiger partial charge on any atom is 0.423 e. The minimum atomic E-state index is -5.02. The van der Waals surface area contributed by atoms with Crippen molar-refractivity contribution in [2.45, 2.75) is 18.7 Å². The highest BCUT2D eigenvalue weighted by Gasteiger charge is 2.55. The Balaban J connectivity index is 2.23. The first kappa shape index (κ1) is 19.4. The normalized spacial score (nSPS) is 13.7. The molecular weight excluding hydrogens is 353 g/mol. The maximum absolute atomic E-state index is 13.4. The van der Waals surface area contributed by atoms with Gasteiger partial charge in [-0.3, -0.25) is 14.9 Å². The van der Waals surface area contributed by atoms with E-state index in [0.29, 0.717) is 0 Å². The lowest BCUT2D eigenvalue weighted by molar-refractivity contribution is -0.385. The maximum atomic E-state index is 13.4. The van der Waals surface area contributed by atoms with Gasteiger partial charge in [-0.25, -0.2) is 0 Å². The number of aliphatic hydroxyl groups is 1. The van der Waals surface area contributed by atoms with E-state index in [-0.39, 0.29) is 16.8 Å². The molecule has 2 rings (SSSR count). The Hall–Kier alpha value is -2.94. The number of rotatable bonds is 5. The predicted octanol–water partition coefficient (Wildman–Crippen LogP) is 3.08. The zero-order valence-corrected chi connectivity index (χ0v) is 13.6. The molecule has 0 aromatic heterocycles. The molecule has 0 fully saturated rings. The van der Waals surface area contributed by atoms with Gasteiger partial charge in [0.2, 0.25) is 5.60 Å². The number of nitro benzene ring substituents is 1. The summed E-state index contributed by atoms with van der Waals surface area (Å²) in [4.78, 5) is 22.3. The second-order valence-corrected chi connectivity index (χ2v) is 5.67. The fraction of sp³-hybridized carbons (Fsp3) is 0.235. The Morgan fingerprint density at radius 1 is 1.19 bits per heavy atom. The van der Waals surface area contributed by atoms with Crippen LogP contribution >= 0.6 is 0 Å². The molecule has 0 heterocycles. The van der Waals surface area contributed by atoms with E-state index in [1.54, 1.807) is 0 Å². The molecule has 6 nitrogen and oxygen atoms in total. The zero-order valence-electron chi connectivity index (χ0n) is 13.6. The molecule has 2 aromatic rings. The van der Waals surface area contributed by atoms with E-state index in [2.05, 4.69) is 0 Å². The van der Waals surface area contributed by atoms with Crippen LogP contribution < -0.4 is 5.32 Å². The number of amides is 1. The Morgan fingerprint density at radius 3 is 2.31 bits per heavy atom. The number of carbonyl (C=O) groups excluding carboxylic acids is 1. The Bertz CT molecular complexity index is 825. The summed E-state index contributed by atoms with van der Waals surface area (Å²) < 4.78 is 40.1. The lowest BCUT2D eigenvalue weighted by atomic mass is 9.93. The smallest absolute Gasteiger partial charge is 0.375 e. The third kappa shape index (κ3) is 3.83. The SMILES string of the molecule is Cc1cc(C(=O)NCC(O)(c2ccccc2)C(F)(F)F)ccc1[N+](=O)[O-]. The van der Waals surface area contributed by atoms with Gasteiger partial charge in [-0.05, 0) is 24.6 Å². The van der Waals surface area contributed by atoms with Crippen LogP contribution in [0.3, 0.4) is 0 Å². The van der Waals surface area contributed by atoms with Crippen molar-refractivity contribution in [3.8, 4) is 0 Å². The monoisotopic (exact) mass is 368 g/mol. The van der Waals surface area contributed by atoms with Gasteiger partial charge in [0.1, 0.15) is 0 Å². The summed E-state index contributed by atoms with van der Waals surface area (Å²) in [7, 11) is 0. The summed E-state index contributed by atoms with van der Waals surface area (Å²) in [6.45, 7) is 0.306. The van der Waals surface area contributed by atoms with E-state index < -0.39 is 34.7 Å². The molecule has 1 amide bonds. The molecule has 1 unspecified atom stereocenters. The summed E-state index contributed by atoms with van der Waals surface area (Å²) in [5, 5.41) is 23.0. The Labute approximate surface area is 146 Å². The largest absolute Gasteiger partial charge is 0.423 e. The van der Waals surface area contributed by atoms with Crippen molar-refractivity contribution in [3.05, 3.63) is 75.3 Å². The number of hydrogen-bond donors (Lipinski definition) is 2. The van der Waals surface area contributed by atoms with Crippen molar-refractivity contribution >= 4 is 11.6 Å². The fourth-order valence-corrected chi connectivity index (χ4v) is 2.39. The molecule has 26 heavy (non-hydrogen) atoms. The molecule has 0 saturated heterocycles. The van der Waals surface area contributed by atoms with Gasteiger partial charge in [-0.2, -0.15) is 13.2 Å². The van der Waals surface area contributed by atoms with Gasteiger partial charge in [-0.15, -0.1) is 0 Å². The summed E-state index contributed by atoms with van der Waals surface area (Å²) in [5.41, 5.74) is -3.74. The number of aryl methyl sites for hydroxylation is 1. The topological polar surface area (TPSA) is 92.5 Å². The molecule has 0 aliphatic heterocycles. The average molecular weight is 368 g/mol. The van der Waals surface area contributed by atoms with E-state index in [0.717, 1.165) is 24.3 Å². The van der Waals surface area contributed by atoms with E-state index in [4.69, 9.17) is 0 Å². The van der Waals surface area contributed by atoms with Crippen molar-refractivity contribution < 1.29 is 28.0 Å². The fourth-order valence-electron chi connectivity index (χ4n) is 2.39. The summed E-state index contributed by atoms with van der Waals surface area (Å²) in [5.74, 6) is -0.887. The first-order valence-electron chi connectivity index (χ1n) is 7.44. The molecule has 2 N–H and O–H groups in total. The van der Waals surface area contributed by atoms with Crippen LogP contribution in [0.15, 0.2) is 48.5 Å². The van der Waals surface area contributed by atoms with Crippen molar-refractivity contribution in [2.75, 3.05) is 6.54 Å². The number of hydrogen-bond acceptors (Lipinski definition) is 4. The molecule has 0 spiro atoms. The zero-order chi connectivity index (χ0) is 19.5. The minimum Gasteiger partial charge on any atom is -0.375 e. The van der Waals surface area contributed by atoms with Crippen LogP contribution in [-0.2, 0) is 5.60 Å². The average Bonchev–Trinajstić information content (AvgIpc) is 2.58. The van der Waals surface area contributed by atoms with Crippen LogP contribution in [0, 0.1) is 17.0 Å². The molecule has 138 valence electrons. The number of alkyl halides is 3. The highest BCUT2D eigenvalue weighted by Crippen LogP contribution is 2.38. The number of nitrogens with one attached hydrogen (secondary N) is 1. The molecule has 0 aliphatic carbocycles. The summed E-state index contributed by atoms with van der Waals surface area (Å²) in [6.07, 6.45) is -5.02. The van der Waals surface area contributed by atoms with E-state index in [9.17, 15) is 33.2 Å². The van der Waals surface area contributed by atoms with E-state index in [1.807, 2.05) is 5.32 Å². The van der Waals surface area contributed by atoms with E-state index in [1.165, 1.54) is 31.2 Å². The van der Waals surface area contributed by atoms with Gasteiger partial charge in [-0.1, -0.05) is 30.3 Å². The van der Waals surface area contributed by atoms with Crippen LogP contribution in [0.25, 0.3) is 0 Å². The lowest BCUT2D eigenvalue weighted by Crippen LogP contribution is -2.51. The highest BCUT2D eigenvalue weighted by atomic mass is 19.4. The van der Waals surface area contributed by atoms with Crippen LogP contribution in [0.4, 0.5) is 18.9 Å². The first-order valence-corrected chi connectivity index (χ1v) is 7.44. The van der Waals surface area contributed by atoms with Crippen molar-refractivity contribution in [1.82, 2.24) is 5.32 Å². The van der Waals surface area contributed by atoms with Gasteiger partial charge in [0.15, 0.2) is 0 Å². The summed E-state index contributed by atoms with van der Waals surface area (Å²) in [6, 6.07) is 9.82. The third-order valence-corrected chi connectivity index (χ3v) is 3.88. The summed E-state index contributed by atoms with van der Waals surface area (Å²) >= 11 is 0. The lowest BCUT2D eigenvalue weighted by Gasteiger charge is -2.31. The van der Waals surface area contributed by atoms with Crippen molar-refractivity contribution in [3.63, 3.8) is 0 Å². The van der Waals surface area contributed by atoms with Gasteiger partial charge >= 0.3 is 6.18 Å². The molecule has 9 heteroatoms. The van der Waals surface area contributed by atoms with Crippen LogP contribution in [0.5, 0.6) is 0 Å². The quantitative estimate of drug-likeness (QED) is 0.627. The Morgan fingerprint density at radius 2 is 1.81 bits per heavy atom. The minimum absolute atomic E-state index is 0.0503. The third-order valence-electron chi connectivity index (χ3n) is 3.88.